The normalized spacial score (nSPS) is 16.0. The molecule has 0 saturated carbocycles. The minimum atomic E-state index is 0.0390. The first kappa shape index (κ1) is 27.6. The summed E-state index contributed by atoms with van der Waals surface area (Å²) in [7, 11) is 2.07. The Balaban J connectivity index is 1.25. The van der Waals surface area contributed by atoms with Crippen LogP contribution in [0.4, 0.5) is 5.82 Å². The Morgan fingerprint density at radius 1 is 0.952 bits per heavy atom. The highest BCUT2D eigenvalue weighted by molar-refractivity contribution is 5.95. The quantitative estimate of drug-likeness (QED) is 0.316. The van der Waals surface area contributed by atoms with Crippen LogP contribution >= 0.6 is 0 Å². The van der Waals surface area contributed by atoms with E-state index in [1.165, 1.54) is 0 Å². The van der Waals surface area contributed by atoms with Gasteiger partial charge in [-0.05, 0) is 49.7 Å². The smallest absolute Gasteiger partial charge is 0.253 e. The maximum atomic E-state index is 13.1. The lowest BCUT2D eigenvalue weighted by Crippen LogP contribution is -2.47. The van der Waals surface area contributed by atoms with Gasteiger partial charge in [-0.3, -0.25) is 9.59 Å². The van der Waals surface area contributed by atoms with E-state index in [0.717, 1.165) is 56.7 Å². The van der Waals surface area contributed by atoms with Crippen LogP contribution in [0.1, 0.15) is 28.8 Å². The van der Waals surface area contributed by atoms with Gasteiger partial charge in [0.15, 0.2) is 17.3 Å². The number of imidazole rings is 1. The first-order chi connectivity index (χ1) is 20.4. The zero-order valence-electron chi connectivity index (χ0n) is 23.9. The van der Waals surface area contributed by atoms with Gasteiger partial charge in [0.05, 0.1) is 6.33 Å². The number of hydrogen-bond acceptors (Lipinski definition) is 8. The highest BCUT2D eigenvalue weighted by Crippen LogP contribution is 2.25. The number of fused-ring (bicyclic) bond motifs is 1. The van der Waals surface area contributed by atoms with Crippen molar-refractivity contribution in [3.05, 3.63) is 66.0 Å². The lowest BCUT2D eigenvalue weighted by atomic mass is 10.1. The topological polar surface area (TPSA) is 120 Å². The Hall–Kier alpha value is -4.51. The van der Waals surface area contributed by atoms with E-state index in [9.17, 15) is 14.7 Å². The van der Waals surface area contributed by atoms with Crippen LogP contribution < -0.4 is 5.32 Å². The van der Waals surface area contributed by atoms with Gasteiger partial charge < -0.3 is 29.7 Å². The molecule has 2 N–H and O–H groups in total. The number of hydrogen-bond donors (Lipinski definition) is 2. The summed E-state index contributed by atoms with van der Waals surface area (Å²) in [6.07, 6.45) is 4.01. The Labute approximate surface area is 244 Å². The van der Waals surface area contributed by atoms with Crippen LogP contribution in [0.2, 0.25) is 0 Å². The molecular formula is C31H36N8O3. The van der Waals surface area contributed by atoms with Crippen LogP contribution in [-0.2, 0) is 17.8 Å². The van der Waals surface area contributed by atoms with Crippen molar-refractivity contribution >= 4 is 28.8 Å². The fourth-order valence-corrected chi connectivity index (χ4v) is 5.47. The second-order valence-electron chi connectivity index (χ2n) is 11.0. The Kier molecular flexibility index (Phi) is 8.00. The molecule has 0 atom stereocenters. The number of rotatable bonds is 9. The highest BCUT2D eigenvalue weighted by Gasteiger charge is 2.22. The molecule has 42 heavy (non-hydrogen) atoms. The maximum Gasteiger partial charge on any atom is 0.253 e. The molecule has 4 aromatic rings. The minimum Gasteiger partial charge on any atom is -0.508 e. The van der Waals surface area contributed by atoms with Gasteiger partial charge in [0, 0.05) is 69.9 Å². The van der Waals surface area contributed by atoms with E-state index < -0.39 is 0 Å². The van der Waals surface area contributed by atoms with E-state index in [0.29, 0.717) is 54.4 Å². The number of phenolic OH excluding ortho intramolecular Hbond substituents is 1. The van der Waals surface area contributed by atoms with E-state index in [2.05, 4.69) is 22.2 Å². The van der Waals surface area contributed by atoms with Crippen molar-refractivity contribution in [1.82, 2.24) is 34.2 Å². The third-order valence-electron chi connectivity index (χ3n) is 8.07. The lowest BCUT2D eigenvalue weighted by Gasteiger charge is -2.32. The maximum absolute atomic E-state index is 13.1. The zero-order valence-corrected chi connectivity index (χ0v) is 23.9. The third-order valence-corrected chi connectivity index (χ3v) is 8.07. The van der Waals surface area contributed by atoms with Crippen LogP contribution in [0.5, 0.6) is 5.75 Å². The number of nitrogens with zero attached hydrogens (tertiary/aromatic N) is 7. The molecule has 2 aliphatic heterocycles. The second-order valence-corrected chi connectivity index (χ2v) is 11.0. The number of nitrogens with one attached hydrogen (secondary N) is 1. The van der Waals surface area contributed by atoms with Gasteiger partial charge in [-0.15, -0.1) is 0 Å². The minimum absolute atomic E-state index is 0.0390. The molecule has 0 bridgehead atoms. The Morgan fingerprint density at radius 2 is 1.71 bits per heavy atom. The van der Waals surface area contributed by atoms with Gasteiger partial charge >= 0.3 is 0 Å². The Morgan fingerprint density at radius 3 is 2.43 bits per heavy atom. The van der Waals surface area contributed by atoms with Gasteiger partial charge in [0.25, 0.3) is 5.91 Å². The summed E-state index contributed by atoms with van der Waals surface area (Å²) in [5.41, 5.74) is 3.90. The Bertz CT molecular complexity index is 1560. The lowest BCUT2D eigenvalue weighted by molar-refractivity contribution is -0.127. The molecule has 11 nitrogen and oxygen atoms in total. The van der Waals surface area contributed by atoms with E-state index in [-0.39, 0.29) is 17.6 Å². The third kappa shape index (κ3) is 6.06. The summed E-state index contributed by atoms with van der Waals surface area (Å²) < 4.78 is 1.97. The van der Waals surface area contributed by atoms with Crippen LogP contribution in [0, 0.1) is 0 Å². The summed E-state index contributed by atoms with van der Waals surface area (Å²) in [4.78, 5) is 45.6. The summed E-state index contributed by atoms with van der Waals surface area (Å²) >= 11 is 0. The molecule has 2 aliphatic rings. The average Bonchev–Trinajstić information content (AvgIpc) is 3.62. The predicted molar refractivity (Wildman–Crippen MR) is 160 cm³/mol. The fourth-order valence-electron chi connectivity index (χ4n) is 5.47. The number of likely N-dealkylation sites (N-methyl/N-ethyl adjacent to an activating group) is 1. The van der Waals surface area contributed by atoms with Crippen LogP contribution in [0.15, 0.2) is 54.9 Å². The van der Waals surface area contributed by atoms with Crippen molar-refractivity contribution in [2.45, 2.75) is 25.8 Å². The number of carbonyl (C=O) groups excluding carboxylic acids is 2. The van der Waals surface area contributed by atoms with E-state index in [4.69, 9.17) is 9.97 Å². The molecule has 0 aliphatic carbocycles. The number of amides is 2. The number of aromatic hydroxyl groups is 1. The van der Waals surface area contributed by atoms with Crippen LogP contribution in [-0.4, -0.2) is 104 Å². The SMILES string of the molecule is CN1CCN(C(=O)c2ccc(-c3nc(NCCc4ccc(O)cc4)c4ncn(CCN5CCCC5=O)c4n3)cc2)CC1. The summed E-state index contributed by atoms with van der Waals surface area (Å²) in [5, 5.41) is 13.0. The number of benzene rings is 2. The second kappa shape index (κ2) is 12.2. The standard InChI is InChI=1S/C31H36N8O3/c1-36-15-17-38(18-16-36)31(42)24-8-6-23(7-9-24)28-34-29(32-13-12-22-4-10-25(40)11-5-22)27-30(35-28)39(21-33-27)20-19-37-14-2-3-26(37)41/h4-11,21,40H,2-3,12-20H2,1H3,(H,32,34,35). The molecule has 2 aromatic carbocycles. The van der Waals surface area contributed by atoms with Crippen molar-refractivity contribution < 1.29 is 14.7 Å². The predicted octanol–water partition coefficient (Wildman–Crippen LogP) is 2.86. The number of phenols is 1. The number of likely N-dealkylation sites (tertiary alicyclic amines) is 1. The molecule has 2 amide bonds. The molecule has 0 radical (unpaired) electrons. The van der Waals surface area contributed by atoms with Crippen molar-refractivity contribution in [3.63, 3.8) is 0 Å². The van der Waals surface area contributed by atoms with E-state index in [1.54, 1.807) is 18.5 Å². The van der Waals surface area contributed by atoms with Gasteiger partial charge in [-0.2, -0.15) is 0 Å². The van der Waals surface area contributed by atoms with Gasteiger partial charge in [-0.25, -0.2) is 15.0 Å². The van der Waals surface area contributed by atoms with Crippen LogP contribution in [0.3, 0.4) is 0 Å². The van der Waals surface area contributed by atoms with E-state index in [1.807, 2.05) is 50.8 Å². The summed E-state index contributed by atoms with van der Waals surface area (Å²) in [6.45, 7) is 5.80. The largest absolute Gasteiger partial charge is 0.508 e. The molecule has 2 aromatic heterocycles. The molecule has 2 fully saturated rings. The molecule has 0 spiro atoms. The van der Waals surface area contributed by atoms with Gasteiger partial charge in [0.2, 0.25) is 5.91 Å². The highest BCUT2D eigenvalue weighted by atomic mass is 16.3. The van der Waals surface area contributed by atoms with Crippen molar-refractivity contribution in [2.24, 2.45) is 0 Å². The summed E-state index contributed by atoms with van der Waals surface area (Å²) in [5.74, 6) is 1.63. The van der Waals surface area contributed by atoms with Crippen molar-refractivity contribution in [2.75, 3.05) is 58.2 Å². The molecule has 0 unspecified atom stereocenters. The number of piperazine rings is 1. The van der Waals surface area contributed by atoms with Crippen molar-refractivity contribution in [1.29, 1.82) is 0 Å². The average molecular weight is 569 g/mol. The molecular weight excluding hydrogens is 532 g/mol. The van der Waals surface area contributed by atoms with Gasteiger partial charge in [0.1, 0.15) is 11.3 Å². The molecule has 11 heteroatoms. The first-order valence-electron chi connectivity index (χ1n) is 14.6. The monoisotopic (exact) mass is 568 g/mol. The fraction of sp³-hybridized carbons (Fsp3) is 0.387. The van der Waals surface area contributed by atoms with Crippen LogP contribution in [0.25, 0.3) is 22.6 Å². The zero-order chi connectivity index (χ0) is 29.1. The molecule has 218 valence electrons. The first-order valence-corrected chi connectivity index (χ1v) is 14.6. The summed E-state index contributed by atoms with van der Waals surface area (Å²) in [6, 6.07) is 14.6. The number of anilines is 1. The van der Waals surface area contributed by atoms with E-state index >= 15 is 0 Å². The molecule has 2 saturated heterocycles. The van der Waals surface area contributed by atoms with Gasteiger partial charge in [-0.1, -0.05) is 24.3 Å². The molecule has 6 rings (SSSR count). The number of carbonyl (C=O) groups is 2. The molecule has 4 heterocycles. The van der Waals surface area contributed by atoms with Crippen molar-refractivity contribution in [3.8, 4) is 17.1 Å². The number of aromatic nitrogens is 4.